The van der Waals surface area contributed by atoms with Gasteiger partial charge < -0.3 is 18.5 Å². The molecule has 1 fully saturated rings. The maximum Gasteiger partial charge on any atom is 0.399 e. The molecule has 0 spiro atoms. The molecule has 1 saturated heterocycles. The van der Waals surface area contributed by atoms with Gasteiger partial charge in [0.1, 0.15) is 12.5 Å². The second-order valence-electron chi connectivity index (χ2n) is 3.13. The predicted octanol–water partition coefficient (Wildman–Crippen LogP) is 0.523. The van der Waals surface area contributed by atoms with E-state index in [1.54, 1.807) is 24.9 Å². The van der Waals surface area contributed by atoms with E-state index in [0.717, 1.165) is 13.1 Å². The average Bonchev–Trinajstić information content (AvgIpc) is 3.02. The van der Waals surface area contributed by atoms with Gasteiger partial charge in [-0.25, -0.2) is 9.97 Å². The Labute approximate surface area is 86.8 Å². The Kier molecular flexibility index (Phi) is 1.87. The molecule has 7 heteroatoms. The summed E-state index contributed by atoms with van der Waals surface area (Å²) in [6.07, 6.45) is 6.35. The van der Waals surface area contributed by atoms with Crippen LogP contribution in [-0.2, 0) is 0 Å². The fraction of sp³-hybridized carbons (Fsp3) is 0.250. The molecule has 0 unspecified atom stereocenters. The van der Waals surface area contributed by atoms with Crippen molar-refractivity contribution in [3.05, 3.63) is 24.9 Å². The highest BCUT2D eigenvalue weighted by Crippen LogP contribution is 2.18. The summed E-state index contributed by atoms with van der Waals surface area (Å²) in [5.41, 5.74) is 0. The minimum absolute atomic E-state index is 0.587. The number of hydrogen-bond acceptors (Lipinski definition) is 6. The zero-order valence-electron chi connectivity index (χ0n) is 7.91. The third-order valence-electron chi connectivity index (χ3n) is 2.19. The Morgan fingerprint density at radius 2 is 1.53 bits per heavy atom. The molecular weight excluding hydrogens is 195 g/mol. The summed E-state index contributed by atoms with van der Waals surface area (Å²) in [6.45, 7) is 1.62. The first-order chi connectivity index (χ1) is 7.43. The second-order valence-corrected chi connectivity index (χ2v) is 3.13. The number of hydrogen-bond donors (Lipinski definition) is 0. The van der Waals surface area contributed by atoms with Crippen LogP contribution in [-0.4, -0.2) is 30.6 Å². The fourth-order valence-corrected chi connectivity index (χ4v) is 1.50. The van der Waals surface area contributed by atoms with Crippen molar-refractivity contribution in [3.8, 4) is 0 Å². The number of oxazole rings is 2. The van der Waals surface area contributed by atoms with E-state index >= 15 is 0 Å². The molecule has 0 aliphatic carbocycles. The van der Waals surface area contributed by atoms with Crippen LogP contribution < -0.4 is 9.62 Å². The van der Waals surface area contributed by atoms with Crippen LogP contribution in [0.15, 0.2) is 33.8 Å². The van der Waals surface area contributed by atoms with Gasteiger partial charge >= 0.3 is 7.55 Å². The van der Waals surface area contributed by atoms with Gasteiger partial charge in [-0.2, -0.15) is 0 Å². The maximum absolute atomic E-state index is 5.19. The van der Waals surface area contributed by atoms with Crippen molar-refractivity contribution in [2.24, 2.45) is 0 Å². The lowest BCUT2D eigenvalue weighted by Gasteiger charge is -2.11. The van der Waals surface area contributed by atoms with Gasteiger partial charge in [0.15, 0.2) is 0 Å². The summed E-state index contributed by atoms with van der Waals surface area (Å²) < 4.78 is 10.4. The molecule has 0 atom stereocenters. The third-order valence-corrected chi connectivity index (χ3v) is 2.19. The highest BCUT2D eigenvalue weighted by Gasteiger charge is 2.28. The van der Waals surface area contributed by atoms with Crippen molar-refractivity contribution in [2.45, 2.75) is 0 Å². The molecule has 0 bridgehead atoms. The fourth-order valence-electron chi connectivity index (χ4n) is 1.50. The van der Waals surface area contributed by atoms with Gasteiger partial charge in [-0.15, -0.1) is 0 Å². The van der Waals surface area contributed by atoms with Gasteiger partial charge in [0.05, 0.1) is 12.4 Å². The second kappa shape index (κ2) is 3.34. The van der Waals surface area contributed by atoms with Crippen molar-refractivity contribution in [2.75, 3.05) is 22.7 Å². The standard InChI is InChI=1S/C8H8BN4O2/c1-5-14-7(10-1)12-3-4-13(9-12)8-11-2-6-15-8/h1-2,5-6H,3-4H2. The summed E-state index contributed by atoms with van der Waals surface area (Å²) in [5.74, 6) is 0. The molecule has 0 saturated carbocycles. The maximum atomic E-state index is 5.19. The summed E-state index contributed by atoms with van der Waals surface area (Å²) >= 11 is 0. The average molecular weight is 203 g/mol. The molecule has 75 valence electrons. The van der Waals surface area contributed by atoms with Gasteiger partial charge in [0.2, 0.25) is 0 Å². The van der Waals surface area contributed by atoms with Crippen LogP contribution in [0.25, 0.3) is 0 Å². The first-order valence-corrected chi connectivity index (χ1v) is 4.61. The van der Waals surface area contributed by atoms with E-state index in [2.05, 4.69) is 9.97 Å². The van der Waals surface area contributed by atoms with E-state index in [0.29, 0.717) is 12.0 Å². The molecule has 0 N–H and O–H groups in total. The Morgan fingerprint density at radius 3 is 1.93 bits per heavy atom. The number of aromatic nitrogens is 2. The molecule has 1 aliphatic heterocycles. The topological polar surface area (TPSA) is 58.5 Å². The van der Waals surface area contributed by atoms with Gasteiger partial charge in [-0.3, -0.25) is 0 Å². The van der Waals surface area contributed by atoms with Gasteiger partial charge in [0.25, 0.3) is 12.0 Å². The van der Waals surface area contributed by atoms with Crippen LogP contribution in [0.4, 0.5) is 12.0 Å². The Morgan fingerprint density at radius 1 is 1.00 bits per heavy atom. The highest BCUT2D eigenvalue weighted by atomic mass is 16.4. The van der Waals surface area contributed by atoms with E-state index in [1.807, 2.05) is 17.2 Å². The van der Waals surface area contributed by atoms with E-state index in [-0.39, 0.29) is 0 Å². The molecule has 2 aromatic rings. The quantitative estimate of drug-likeness (QED) is 0.663. The van der Waals surface area contributed by atoms with Crippen LogP contribution in [0.2, 0.25) is 0 Å². The number of nitrogens with zero attached hydrogens (tertiary/aromatic N) is 4. The highest BCUT2D eigenvalue weighted by molar-refractivity contribution is 6.47. The Hall–Kier alpha value is -1.92. The van der Waals surface area contributed by atoms with E-state index < -0.39 is 0 Å². The molecule has 3 rings (SSSR count). The monoisotopic (exact) mass is 203 g/mol. The first-order valence-electron chi connectivity index (χ1n) is 4.61. The summed E-state index contributed by atoms with van der Waals surface area (Å²) in [5, 5.41) is 0. The summed E-state index contributed by atoms with van der Waals surface area (Å²) in [6, 6.07) is 1.17. The normalized spacial score (nSPS) is 15.7. The zero-order valence-corrected chi connectivity index (χ0v) is 7.91. The van der Waals surface area contributed by atoms with Crippen molar-refractivity contribution < 1.29 is 8.83 Å². The number of rotatable bonds is 2. The molecule has 1 aliphatic rings. The number of anilines is 2. The minimum atomic E-state index is 0.587. The van der Waals surface area contributed by atoms with Crippen molar-refractivity contribution in [1.82, 2.24) is 9.97 Å². The van der Waals surface area contributed by atoms with E-state index in [1.165, 1.54) is 0 Å². The van der Waals surface area contributed by atoms with E-state index in [9.17, 15) is 0 Å². The van der Waals surface area contributed by atoms with Crippen molar-refractivity contribution in [3.63, 3.8) is 0 Å². The van der Waals surface area contributed by atoms with Crippen molar-refractivity contribution >= 4 is 19.6 Å². The Bertz CT molecular complexity index is 376. The first kappa shape index (κ1) is 8.40. The Balaban J connectivity index is 1.74. The van der Waals surface area contributed by atoms with E-state index in [4.69, 9.17) is 8.83 Å². The van der Waals surface area contributed by atoms with Gasteiger partial charge in [-0.05, 0) is 0 Å². The van der Waals surface area contributed by atoms with Crippen LogP contribution in [0.1, 0.15) is 0 Å². The minimum Gasteiger partial charge on any atom is -0.433 e. The summed E-state index contributed by atoms with van der Waals surface area (Å²) in [4.78, 5) is 11.9. The molecule has 6 nitrogen and oxygen atoms in total. The van der Waals surface area contributed by atoms with Gasteiger partial charge in [0, 0.05) is 13.1 Å². The molecule has 3 heterocycles. The molecule has 0 amide bonds. The summed E-state index contributed by atoms with van der Waals surface area (Å²) in [7, 11) is 1.87. The largest absolute Gasteiger partial charge is 0.433 e. The zero-order chi connectivity index (χ0) is 10.1. The molecule has 1 radical (unpaired) electrons. The van der Waals surface area contributed by atoms with Crippen LogP contribution in [0, 0.1) is 0 Å². The third kappa shape index (κ3) is 1.45. The van der Waals surface area contributed by atoms with Crippen molar-refractivity contribution in [1.29, 1.82) is 0 Å². The SMILES string of the molecule is [B]1N(c2ncco2)CCN1c1ncco1. The van der Waals surface area contributed by atoms with Crippen LogP contribution in [0.5, 0.6) is 0 Å². The molecule has 2 aromatic heterocycles. The predicted molar refractivity (Wildman–Crippen MR) is 53.5 cm³/mol. The smallest absolute Gasteiger partial charge is 0.399 e. The molecule has 0 aromatic carbocycles. The lowest BCUT2D eigenvalue weighted by molar-refractivity contribution is 0.559. The molecule has 15 heavy (non-hydrogen) atoms. The molecular formula is C8H8BN4O2. The van der Waals surface area contributed by atoms with Crippen LogP contribution >= 0.6 is 0 Å². The van der Waals surface area contributed by atoms with Gasteiger partial charge in [-0.1, -0.05) is 0 Å². The lowest BCUT2D eigenvalue weighted by Crippen LogP contribution is -2.29. The lowest BCUT2D eigenvalue weighted by atomic mass is 10.1. The van der Waals surface area contributed by atoms with Crippen LogP contribution in [0.3, 0.4) is 0 Å².